The van der Waals surface area contributed by atoms with Crippen LogP contribution in [0.2, 0.25) is 0 Å². The fraction of sp³-hybridized carbons (Fsp3) is 0.450. The Morgan fingerprint density at radius 1 is 1.24 bits per heavy atom. The zero-order valence-corrected chi connectivity index (χ0v) is 17.7. The maximum atomic E-state index is 14.7. The molecule has 1 aliphatic heterocycles. The van der Waals surface area contributed by atoms with Gasteiger partial charge in [-0.25, -0.2) is 23.3 Å². The third-order valence-corrected chi connectivity index (χ3v) is 5.50. The largest absolute Gasteiger partial charge is 0.495 e. The van der Waals surface area contributed by atoms with Gasteiger partial charge in [-0.15, -0.1) is 0 Å². The summed E-state index contributed by atoms with van der Waals surface area (Å²) in [6.45, 7) is 1.93. The number of nitrogens with one attached hydrogen (secondary N) is 2. The molecule has 0 unspecified atom stereocenters. The van der Waals surface area contributed by atoms with Gasteiger partial charge in [0.15, 0.2) is 23.1 Å². The number of imidazole rings is 1. The fourth-order valence-electron chi connectivity index (χ4n) is 3.60. The van der Waals surface area contributed by atoms with Crippen LogP contribution in [0.15, 0.2) is 18.3 Å². The van der Waals surface area contributed by atoms with E-state index in [-0.39, 0.29) is 34.6 Å². The van der Waals surface area contributed by atoms with Crippen LogP contribution >= 0.6 is 0 Å². The van der Waals surface area contributed by atoms with Gasteiger partial charge >= 0.3 is 6.18 Å². The second-order valence-corrected chi connectivity index (χ2v) is 7.88. The first kappa shape index (κ1) is 23.1. The molecule has 1 saturated heterocycles. The van der Waals surface area contributed by atoms with Crippen molar-refractivity contribution >= 4 is 11.5 Å². The van der Waals surface area contributed by atoms with Crippen LogP contribution < -0.4 is 15.4 Å². The molecule has 1 fully saturated rings. The van der Waals surface area contributed by atoms with Crippen molar-refractivity contribution in [1.29, 1.82) is 0 Å². The molecule has 178 valence electrons. The van der Waals surface area contributed by atoms with Crippen molar-refractivity contribution in [2.75, 3.05) is 25.5 Å². The molecule has 8 nitrogen and oxygen atoms in total. The molecular formula is C20H21F5N6O2. The van der Waals surface area contributed by atoms with E-state index in [0.29, 0.717) is 19.5 Å². The van der Waals surface area contributed by atoms with Gasteiger partial charge in [0.2, 0.25) is 5.60 Å². The zero-order chi connectivity index (χ0) is 24.0. The number of nitrogens with zero attached hydrogens (tertiary/aromatic N) is 4. The minimum Gasteiger partial charge on any atom is -0.495 e. The maximum Gasteiger partial charge on any atom is 0.422 e. The topological polar surface area (TPSA) is 96.6 Å². The molecule has 0 aliphatic carbocycles. The Bertz CT molecular complexity index is 1170. The molecule has 0 spiro atoms. The van der Waals surface area contributed by atoms with Gasteiger partial charge in [-0.3, -0.25) is 0 Å². The van der Waals surface area contributed by atoms with Crippen molar-refractivity contribution in [3.63, 3.8) is 0 Å². The summed E-state index contributed by atoms with van der Waals surface area (Å²) in [5, 5.41) is 20.1. The number of aliphatic hydroxyl groups is 1. The number of rotatable bonds is 5. The molecule has 0 bridgehead atoms. The van der Waals surface area contributed by atoms with Crippen LogP contribution in [0, 0.1) is 11.6 Å². The molecule has 3 aromatic heterocycles. The molecule has 3 aromatic rings. The van der Waals surface area contributed by atoms with Crippen molar-refractivity contribution in [3.8, 4) is 17.1 Å². The molecule has 13 heteroatoms. The Balaban J connectivity index is 1.83. The van der Waals surface area contributed by atoms with Crippen LogP contribution in [0.25, 0.3) is 17.0 Å². The molecule has 0 radical (unpaired) electrons. The van der Waals surface area contributed by atoms with E-state index in [1.165, 1.54) is 0 Å². The third-order valence-electron chi connectivity index (χ3n) is 5.50. The number of ether oxygens (including phenoxy) is 1. The molecule has 33 heavy (non-hydrogen) atoms. The highest BCUT2D eigenvalue weighted by atomic mass is 19.4. The molecule has 0 saturated carbocycles. The lowest BCUT2D eigenvalue weighted by atomic mass is 10.0. The predicted molar refractivity (Wildman–Crippen MR) is 108 cm³/mol. The first-order valence-corrected chi connectivity index (χ1v) is 10.1. The number of alkyl halides is 3. The number of fused-ring (bicyclic) bond motifs is 1. The second-order valence-electron chi connectivity index (χ2n) is 7.88. The average molecular weight is 472 g/mol. The molecule has 4 heterocycles. The Morgan fingerprint density at radius 2 is 2.00 bits per heavy atom. The molecule has 1 aliphatic rings. The number of hydrogen-bond acceptors (Lipinski definition) is 7. The monoisotopic (exact) mass is 472 g/mol. The highest BCUT2D eigenvalue weighted by molar-refractivity contribution is 5.63. The van der Waals surface area contributed by atoms with Crippen molar-refractivity contribution < 1.29 is 31.8 Å². The normalized spacial score (nSPS) is 18.8. The Hall–Kier alpha value is -3.06. The van der Waals surface area contributed by atoms with E-state index in [0.717, 1.165) is 43.3 Å². The van der Waals surface area contributed by atoms with Gasteiger partial charge in [0.25, 0.3) is 0 Å². The second kappa shape index (κ2) is 8.37. The summed E-state index contributed by atoms with van der Waals surface area (Å²) in [5.74, 6) is -2.53. The van der Waals surface area contributed by atoms with Gasteiger partial charge in [-0.2, -0.15) is 18.3 Å². The Morgan fingerprint density at radius 3 is 2.64 bits per heavy atom. The average Bonchev–Trinajstić information content (AvgIpc) is 3.17. The van der Waals surface area contributed by atoms with Gasteiger partial charge in [-0.1, -0.05) is 0 Å². The minimum absolute atomic E-state index is 0.0140. The van der Waals surface area contributed by atoms with Crippen molar-refractivity contribution in [3.05, 3.63) is 35.7 Å². The Labute approximate surface area is 184 Å². The number of pyridine rings is 1. The van der Waals surface area contributed by atoms with Crippen molar-refractivity contribution in [1.82, 2.24) is 24.9 Å². The highest BCUT2D eigenvalue weighted by Gasteiger charge is 2.54. The lowest BCUT2D eigenvalue weighted by Gasteiger charge is -2.27. The van der Waals surface area contributed by atoms with Crippen LogP contribution in [0.4, 0.5) is 27.8 Å². The van der Waals surface area contributed by atoms with Crippen LogP contribution in [0.1, 0.15) is 25.5 Å². The molecule has 2 atom stereocenters. The number of piperidine rings is 1. The first-order chi connectivity index (χ1) is 15.5. The highest BCUT2D eigenvalue weighted by Crippen LogP contribution is 2.41. The van der Waals surface area contributed by atoms with Gasteiger partial charge < -0.3 is 20.5 Å². The van der Waals surface area contributed by atoms with Crippen LogP contribution in [-0.2, 0) is 5.60 Å². The van der Waals surface area contributed by atoms with Crippen molar-refractivity contribution in [2.45, 2.75) is 37.6 Å². The van der Waals surface area contributed by atoms with E-state index in [9.17, 15) is 27.1 Å². The Kier molecular flexibility index (Phi) is 5.86. The number of aromatic nitrogens is 4. The van der Waals surface area contributed by atoms with Crippen molar-refractivity contribution in [2.24, 2.45) is 0 Å². The fourth-order valence-corrected chi connectivity index (χ4v) is 3.60. The number of hydrogen-bond donors (Lipinski definition) is 3. The SMILES string of the molecule is COc1cc2ncc(-c3nc(N[C@H]4CCCNC4)c(F)cc3F)n2nc1[C@@](C)(O)C(F)(F)F. The summed E-state index contributed by atoms with van der Waals surface area (Å²) in [4.78, 5) is 8.06. The number of anilines is 1. The quantitative estimate of drug-likeness (QED) is 0.492. The van der Waals surface area contributed by atoms with E-state index >= 15 is 0 Å². The predicted octanol–water partition coefficient (Wildman–Crippen LogP) is 3.01. The van der Waals surface area contributed by atoms with Gasteiger partial charge in [0.1, 0.15) is 22.8 Å². The van der Waals surface area contributed by atoms with E-state index in [4.69, 9.17) is 4.74 Å². The van der Waals surface area contributed by atoms with E-state index in [2.05, 4.69) is 25.7 Å². The summed E-state index contributed by atoms with van der Waals surface area (Å²) in [7, 11) is 1.12. The van der Waals surface area contributed by atoms with E-state index in [1.807, 2.05) is 0 Å². The third kappa shape index (κ3) is 4.17. The zero-order valence-electron chi connectivity index (χ0n) is 17.7. The van der Waals surface area contributed by atoms with Crippen LogP contribution in [-0.4, -0.2) is 57.1 Å². The van der Waals surface area contributed by atoms with Crippen LogP contribution in [0.3, 0.4) is 0 Å². The number of methoxy groups -OCH3 is 1. The smallest absolute Gasteiger partial charge is 0.422 e. The minimum atomic E-state index is -5.08. The maximum absolute atomic E-state index is 14.7. The molecule has 0 aromatic carbocycles. The summed E-state index contributed by atoms with van der Waals surface area (Å²) in [6, 6.07) is 1.63. The van der Waals surface area contributed by atoms with Gasteiger partial charge in [0, 0.05) is 24.7 Å². The summed E-state index contributed by atoms with van der Waals surface area (Å²) >= 11 is 0. The molecule has 3 N–H and O–H groups in total. The molecule has 0 amide bonds. The standard InChI is InChI=1S/C20H21F5N6O2/c1-19(32,20(23,24)25)17-14(33-2)7-15-27-9-13(31(15)30-17)16-11(21)6-12(22)18(29-16)28-10-4-3-5-26-8-10/h6-7,9-10,26,32H,3-5,8H2,1-2H3,(H,28,29)/t10-,19+/m0/s1. The van der Waals surface area contributed by atoms with Gasteiger partial charge in [0.05, 0.1) is 13.3 Å². The molecule has 4 rings (SSSR count). The van der Waals surface area contributed by atoms with Gasteiger partial charge in [-0.05, 0) is 26.3 Å². The number of halogens is 5. The summed E-state index contributed by atoms with van der Waals surface area (Å²) < 4.78 is 75.4. The molecular weight excluding hydrogens is 451 g/mol. The lowest BCUT2D eigenvalue weighted by molar-refractivity contribution is -0.261. The summed E-state index contributed by atoms with van der Waals surface area (Å²) in [5.41, 5.74) is -4.71. The summed E-state index contributed by atoms with van der Waals surface area (Å²) in [6.07, 6.45) is -2.31. The first-order valence-electron chi connectivity index (χ1n) is 10.1. The van der Waals surface area contributed by atoms with E-state index in [1.54, 1.807) is 0 Å². The van der Waals surface area contributed by atoms with Crippen LogP contribution in [0.5, 0.6) is 5.75 Å². The lowest BCUT2D eigenvalue weighted by Crippen LogP contribution is -2.40. The van der Waals surface area contributed by atoms with E-state index < -0.39 is 29.1 Å².